The number of carbonyl (C=O) groups is 1. The van der Waals surface area contributed by atoms with E-state index in [1.165, 1.54) is 20.8 Å². The number of ether oxygens (including phenoxy) is 1. The molecule has 0 aliphatic carbocycles. The zero-order valence-electron chi connectivity index (χ0n) is 9.64. The van der Waals surface area contributed by atoms with Crippen molar-refractivity contribution in [2.75, 3.05) is 13.1 Å². The van der Waals surface area contributed by atoms with Crippen LogP contribution in [0.25, 0.3) is 0 Å². The fraction of sp³-hybridized carbons (Fsp3) is 0.900. The topological polar surface area (TPSA) is 58.6 Å². The lowest BCUT2D eigenvalue weighted by molar-refractivity contribution is -0.217. The molecule has 1 aliphatic heterocycles. The van der Waals surface area contributed by atoms with Gasteiger partial charge in [0, 0.05) is 6.54 Å². The lowest BCUT2D eigenvalue weighted by Gasteiger charge is -2.32. The van der Waals surface area contributed by atoms with Crippen molar-refractivity contribution in [3.63, 3.8) is 0 Å². The van der Waals surface area contributed by atoms with Crippen molar-refractivity contribution in [3.8, 4) is 0 Å². The molecule has 0 amide bonds. The molecule has 0 spiro atoms. The summed E-state index contributed by atoms with van der Waals surface area (Å²) in [5.41, 5.74) is -3.34. The lowest BCUT2D eigenvalue weighted by atomic mass is 9.94. The smallest absolute Gasteiger partial charge is 0.380 e. The molecule has 0 saturated carbocycles. The first-order valence-electron chi connectivity index (χ1n) is 5.13. The van der Waals surface area contributed by atoms with Gasteiger partial charge in [-0.05, 0) is 33.7 Å². The highest BCUT2D eigenvalue weighted by Crippen LogP contribution is 2.35. The SMILES string of the molecule is CC(C)(C)OC(=O)C(F)(F)C1(O)CCNC1. The van der Waals surface area contributed by atoms with E-state index in [2.05, 4.69) is 10.1 Å². The molecule has 4 nitrogen and oxygen atoms in total. The van der Waals surface area contributed by atoms with Crippen LogP contribution in [0.3, 0.4) is 0 Å². The van der Waals surface area contributed by atoms with E-state index in [-0.39, 0.29) is 19.5 Å². The molecule has 1 unspecified atom stereocenters. The minimum absolute atomic E-state index is 0.167. The molecular formula is C10H17F2NO3. The second kappa shape index (κ2) is 3.92. The van der Waals surface area contributed by atoms with Crippen LogP contribution in [0.2, 0.25) is 0 Å². The number of carbonyl (C=O) groups excluding carboxylic acids is 1. The van der Waals surface area contributed by atoms with Crippen molar-refractivity contribution in [1.82, 2.24) is 5.32 Å². The van der Waals surface area contributed by atoms with Gasteiger partial charge in [0.25, 0.3) is 0 Å². The van der Waals surface area contributed by atoms with Crippen LogP contribution in [-0.2, 0) is 9.53 Å². The fourth-order valence-corrected chi connectivity index (χ4v) is 1.48. The molecular weight excluding hydrogens is 220 g/mol. The van der Waals surface area contributed by atoms with Gasteiger partial charge in [0.15, 0.2) is 5.60 Å². The lowest BCUT2D eigenvalue weighted by Crippen LogP contribution is -2.56. The largest absolute Gasteiger partial charge is 0.455 e. The quantitative estimate of drug-likeness (QED) is 0.694. The average molecular weight is 237 g/mol. The molecule has 1 atom stereocenters. The summed E-state index contributed by atoms with van der Waals surface area (Å²) in [5.74, 6) is -5.56. The van der Waals surface area contributed by atoms with Crippen LogP contribution in [0, 0.1) is 0 Å². The maximum Gasteiger partial charge on any atom is 0.380 e. The number of rotatable bonds is 2. The van der Waals surface area contributed by atoms with E-state index < -0.39 is 23.1 Å². The molecule has 0 aromatic heterocycles. The third kappa shape index (κ3) is 2.49. The van der Waals surface area contributed by atoms with Crippen molar-refractivity contribution in [1.29, 1.82) is 0 Å². The standard InChI is InChI=1S/C10H17F2NO3/c1-8(2,3)16-7(14)10(11,12)9(15)4-5-13-6-9/h13,15H,4-6H2,1-3H3. The Morgan fingerprint density at radius 1 is 1.44 bits per heavy atom. The number of nitrogens with one attached hydrogen (secondary N) is 1. The maximum absolute atomic E-state index is 13.7. The van der Waals surface area contributed by atoms with Gasteiger partial charge in [0.1, 0.15) is 5.60 Å². The fourth-order valence-electron chi connectivity index (χ4n) is 1.48. The Labute approximate surface area is 93.0 Å². The van der Waals surface area contributed by atoms with E-state index >= 15 is 0 Å². The molecule has 0 radical (unpaired) electrons. The zero-order chi connectivity index (χ0) is 12.6. The minimum Gasteiger partial charge on any atom is -0.455 e. The van der Waals surface area contributed by atoms with Gasteiger partial charge in [-0.15, -0.1) is 0 Å². The predicted octanol–water partition coefficient (Wildman–Crippen LogP) is 0.688. The van der Waals surface area contributed by atoms with Gasteiger partial charge in [0.05, 0.1) is 0 Å². The van der Waals surface area contributed by atoms with Gasteiger partial charge in [-0.1, -0.05) is 0 Å². The normalized spacial score (nSPS) is 26.9. The van der Waals surface area contributed by atoms with Gasteiger partial charge in [0.2, 0.25) is 0 Å². The minimum atomic E-state index is -3.89. The van der Waals surface area contributed by atoms with E-state index in [9.17, 15) is 18.7 Å². The number of aliphatic hydroxyl groups is 1. The van der Waals surface area contributed by atoms with Crippen molar-refractivity contribution in [3.05, 3.63) is 0 Å². The van der Waals surface area contributed by atoms with E-state index in [0.29, 0.717) is 0 Å². The summed E-state index contributed by atoms with van der Waals surface area (Å²) in [6.07, 6.45) is -0.167. The first kappa shape index (κ1) is 13.3. The van der Waals surface area contributed by atoms with Gasteiger partial charge < -0.3 is 15.2 Å². The van der Waals surface area contributed by atoms with E-state index in [0.717, 1.165) is 0 Å². The Balaban J connectivity index is 2.80. The first-order chi connectivity index (χ1) is 7.08. The summed E-state index contributed by atoms with van der Waals surface area (Å²) in [4.78, 5) is 11.3. The van der Waals surface area contributed by atoms with E-state index in [1.54, 1.807) is 0 Å². The molecule has 0 aromatic rings. The van der Waals surface area contributed by atoms with Crippen molar-refractivity contribution in [2.45, 2.75) is 44.3 Å². The highest BCUT2D eigenvalue weighted by molar-refractivity contribution is 5.79. The molecule has 1 fully saturated rings. The van der Waals surface area contributed by atoms with Crippen LogP contribution < -0.4 is 5.32 Å². The zero-order valence-corrected chi connectivity index (χ0v) is 9.64. The Morgan fingerprint density at radius 2 is 2.00 bits per heavy atom. The number of halogens is 2. The Morgan fingerprint density at radius 3 is 2.38 bits per heavy atom. The van der Waals surface area contributed by atoms with Gasteiger partial charge in [-0.2, -0.15) is 8.78 Å². The molecule has 16 heavy (non-hydrogen) atoms. The number of hydrogen-bond donors (Lipinski definition) is 2. The Bertz CT molecular complexity index is 280. The van der Waals surface area contributed by atoms with Crippen molar-refractivity contribution in [2.24, 2.45) is 0 Å². The molecule has 1 rings (SSSR count). The summed E-state index contributed by atoms with van der Waals surface area (Å²) >= 11 is 0. The van der Waals surface area contributed by atoms with Crippen molar-refractivity contribution >= 4 is 5.97 Å². The second-order valence-corrected chi connectivity index (χ2v) is 5.03. The molecule has 1 saturated heterocycles. The number of esters is 1. The van der Waals surface area contributed by atoms with Crippen LogP contribution >= 0.6 is 0 Å². The monoisotopic (exact) mass is 237 g/mol. The highest BCUT2D eigenvalue weighted by atomic mass is 19.3. The molecule has 6 heteroatoms. The average Bonchev–Trinajstić information content (AvgIpc) is 2.50. The highest BCUT2D eigenvalue weighted by Gasteiger charge is 2.61. The van der Waals surface area contributed by atoms with Crippen LogP contribution in [0.5, 0.6) is 0 Å². The third-order valence-electron chi connectivity index (χ3n) is 2.37. The van der Waals surface area contributed by atoms with Crippen LogP contribution in [-0.4, -0.2) is 41.3 Å². The van der Waals surface area contributed by atoms with Gasteiger partial charge in [-0.25, -0.2) is 4.79 Å². The van der Waals surface area contributed by atoms with E-state index in [1.807, 2.05) is 0 Å². The van der Waals surface area contributed by atoms with Crippen LogP contribution in [0.4, 0.5) is 8.78 Å². The summed E-state index contributed by atoms with van der Waals surface area (Å²) in [5, 5.41) is 12.3. The Hall–Kier alpha value is -0.750. The van der Waals surface area contributed by atoms with Crippen LogP contribution in [0.1, 0.15) is 27.2 Å². The number of β-amino-alcohol motifs (C(OH)–C–C–N with tert-alkyl or cyclic N) is 1. The first-order valence-corrected chi connectivity index (χ1v) is 5.13. The molecule has 94 valence electrons. The number of hydrogen-bond acceptors (Lipinski definition) is 4. The Kier molecular flexibility index (Phi) is 3.27. The molecule has 1 aliphatic rings. The third-order valence-corrected chi connectivity index (χ3v) is 2.37. The molecule has 2 N–H and O–H groups in total. The van der Waals surface area contributed by atoms with Crippen LogP contribution in [0.15, 0.2) is 0 Å². The summed E-state index contributed by atoms with van der Waals surface area (Å²) in [6.45, 7) is 4.45. The summed E-state index contributed by atoms with van der Waals surface area (Å²) in [6, 6.07) is 0. The van der Waals surface area contributed by atoms with Gasteiger partial charge >= 0.3 is 11.9 Å². The summed E-state index contributed by atoms with van der Waals surface area (Å²) in [7, 11) is 0. The number of alkyl halides is 2. The van der Waals surface area contributed by atoms with Gasteiger partial charge in [-0.3, -0.25) is 0 Å². The molecule has 1 heterocycles. The van der Waals surface area contributed by atoms with E-state index in [4.69, 9.17) is 0 Å². The second-order valence-electron chi connectivity index (χ2n) is 5.03. The maximum atomic E-state index is 13.7. The summed E-state index contributed by atoms with van der Waals surface area (Å²) < 4.78 is 31.9. The predicted molar refractivity (Wildman–Crippen MR) is 53.2 cm³/mol. The van der Waals surface area contributed by atoms with Crippen molar-refractivity contribution < 1.29 is 23.4 Å². The molecule has 0 bridgehead atoms. The molecule has 0 aromatic carbocycles.